The number of hydrogen-bond donors (Lipinski definition) is 1. The van der Waals surface area contributed by atoms with Crippen LogP contribution in [-0.2, 0) is 4.74 Å². The third-order valence-electron chi connectivity index (χ3n) is 3.73. The molecule has 2 aliphatic heterocycles. The Morgan fingerprint density at radius 1 is 1.43 bits per heavy atom. The summed E-state index contributed by atoms with van der Waals surface area (Å²) in [5.74, 6) is 0.870. The minimum absolute atomic E-state index is 0.494. The van der Waals surface area contributed by atoms with Gasteiger partial charge in [0.1, 0.15) is 0 Å². The van der Waals surface area contributed by atoms with Crippen LogP contribution in [0.15, 0.2) is 0 Å². The van der Waals surface area contributed by atoms with Gasteiger partial charge in [-0.3, -0.25) is 0 Å². The molecule has 0 atom stereocenters. The van der Waals surface area contributed by atoms with Gasteiger partial charge in [-0.1, -0.05) is 6.92 Å². The van der Waals surface area contributed by atoms with E-state index in [1.165, 1.54) is 32.5 Å². The summed E-state index contributed by atoms with van der Waals surface area (Å²) in [7, 11) is 0. The molecule has 0 aromatic heterocycles. The third-order valence-corrected chi connectivity index (χ3v) is 3.73. The van der Waals surface area contributed by atoms with Gasteiger partial charge in [0.05, 0.1) is 13.2 Å². The Morgan fingerprint density at radius 2 is 2.14 bits per heavy atom. The van der Waals surface area contributed by atoms with Crippen molar-refractivity contribution in [3.05, 3.63) is 0 Å². The van der Waals surface area contributed by atoms with Gasteiger partial charge in [0.2, 0.25) is 0 Å². The van der Waals surface area contributed by atoms with Gasteiger partial charge in [0.15, 0.2) is 0 Å². The molecule has 82 valence electrons. The maximum absolute atomic E-state index is 5.54. The predicted octanol–water partition coefficient (Wildman–Crippen LogP) is 0.694. The highest BCUT2D eigenvalue weighted by Crippen LogP contribution is 2.34. The van der Waals surface area contributed by atoms with Crippen LogP contribution in [0.4, 0.5) is 0 Å². The standard InChI is InChI=1S/C11H22N2O/c1-2-11(8-14-9-11)7-13-5-10(6-13)3-4-12/h10H,2-9,12H2,1H3. The molecule has 2 N–H and O–H groups in total. The van der Waals surface area contributed by atoms with E-state index < -0.39 is 0 Å². The van der Waals surface area contributed by atoms with Crippen molar-refractivity contribution in [1.29, 1.82) is 0 Å². The number of likely N-dealkylation sites (tertiary alicyclic amines) is 1. The van der Waals surface area contributed by atoms with E-state index in [4.69, 9.17) is 10.5 Å². The first kappa shape index (κ1) is 10.4. The second kappa shape index (κ2) is 4.17. The summed E-state index contributed by atoms with van der Waals surface area (Å²) in [4.78, 5) is 2.56. The summed E-state index contributed by atoms with van der Waals surface area (Å²) in [5.41, 5.74) is 6.03. The van der Waals surface area contributed by atoms with Crippen LogP contribution in [0.3, 0.4) is 0 Å². The van der Waals surface area contributed by atoms with Gasteiger partial charge in [-0.05, 0) is 25.3 Å². The Labute approximate surface area is 86.6 Å². The smallest absolute Gasteiger partial charge is 0.0557 e. The van der Waals surface area contributed by atoms with E-state index in [2.05, 4.69) is 11.8 Å². The van der Waals surface area contributed by atoms with E-state index in [0.29, 0.717) is 5.41 Å². The van der Waals surface area contributed by atoms with E-state index in [1.807, 2.05) is 0 Å². The summed E-state index contributed by atoms with van der Waals surface area (Å²) in [6.07, 6.45) is 2.46. The number of rotatable bonds is 5. The van der Waals surface area contributed by atoms with Crippen molar-refractivity contribution in [3.8, 4) is 0 Å². The van der Waals surface area contributed by atoms with Gasteiger partial charge in [0.25, 0.3) is 0 Å². The molecule has 0 aromatic rings. The van der Waals surface area contributed by atoms with E-state index >= 15 is 0 Å². The molecule has 0 unspecified atom stereocenters. The Bertz CT molecular complexity index is 180. The van der Waals surface area contributed by atoms with Crippen LogP contribution in [0.1, 0.15) is 19.8 Å². The average molecular weight is 198 g/mol. The maximum atomic E-state index is 5.54. The topological polar surface area (TPSA) is 38.5 Å². The SMILES string of the molecule is CCC1(CN2CC(CCN)C2)COC1. The molecule has 0 radical (unpaired) electrons. The van der Waals surface area contributed by atoms with Crippen molar-refractivity contribution in [1.82, 2.24) is 4.90 Å². The van der Waals surface area contributed by atoms with Crippen LogP contribution < -0.4 is 5.73 Å². The van der Waals surface area contributed by atoms with Crippen molar-refractivity contribution >= 4 is 0 Å². The van der Waals surface area contributed by atoms with E-state index in [1.54, 1.807) is 0 Å². The van der Waals surface area contributed by atoms with Crippen LogP contribution >= 0.6 is 0 Å². The molecule has 3 heteroatoms. The van der Waals surface area contributed by atoms with Crippen LogP contribution in [0.5, 0.6) is 0 Å². The highest BCUT2D eigenvalue weighted by atomic mass is 16.5. The molecule has 2 rings (SSSR count). The van der Waals surface area contributed by atoms with Crippen LogP contribution in [0.25, 0.3) is 0 Å². The summed E-state index contributed by atoms with van der Waals surface area (Å²) >= 11 is 0. The second-order valence-electron chi connectivity index (χ2n) is 4.98. The van der Waals surface area contributed by atoms with Crippen molar-refractivity contribution in [2.45, 2.75) is 19.8 Å². The molecule has 14 heavy (non-hydrogen) atoms. The quantitative estimate of drug-likeness (QED) is 0.706. The van der Waals surface area contributed by atoms with Gasteiger partial charge in [0, 0.05) is 25.0 Å². The average Bonchev–Trinajstić information content (AvgIpc) is 2.06. The number of hydrogen-bond acceptors (Lipinski definition) is 3. The molecule has 3 nitrogen and oxygen atoms in total. The zero-order chi connectivity index (χ0) is 10.0. The highest BCUT2D eigenvalue weighted by molar-refractivity contribution is 4.91. The molecular formula is C11H22N2O. The zero-order valence-electron chi connectivity index (χ0n) is 9.17. The van der Waals surface area contributed by atoms with Crippen LogP contribution in [0, 0.1) is 11.3 Å². The first-order valence-corrected chi connectivity index (χ1v) is 5.78. The molecule has 2 aliphatic rings. The first-order chi connectivity index (χ1) is 6.78. The van der Waals surface area contributed by atoms with Gasteiger partial charge in [-0.2, -0.15) is 0 Å². The number of ether oxygens (including phenoxy) is 1. The Morgan fingerprint density at radius 3 is 2.57 bits per heavy atom. The Hall–Kier alpha value is -0.120. The minimum atomic E-state index is 0.494. The third kappa shape index (κ3) is 1.95. The number of nitrogens with zero attached hydrogens (tertiary/aromatic N) is 1. The molecule has 0 bridgehead atoms. The van der Waals surface area contributed by atoms with Crippen molar-refractivity contribution in [3.63, 3.8) is 0 Å². The molecule has 2 heterocycles. The van der Waals surface area contributed by atoms with Gasteiger partial charge < -0.3 is 15.4 Å². The lowest BCUT2D eigenvalue weighted by Gasteiger charge is -2.49. The largest absolute Gasteiger partial charge is 0.380 e. The fraction of sp³-hybridized carbons (Fsp3) is 1.00. The molecule has 0 aliphatic carbocycles. The maximum Gasteiger partial charge on any atom is 0.0557 e. The van der Waals surface area contributed by atoms with Crippen LogP contribution in [0.2, 0.25) is 0 Å². The molecular weight excluding hydrogens is 176 g/mol. The lowest BCUT2D eigenvalue weighted by molar-refractivity contribution is -0.138. The summed E-state index contributed by atoms with van der Waals surface area (Å²) < 4.78 is 5.33. The van der Waals surface area contributed by atoms with Crippen molar-refractivity contribution in [2.24, 2.45) is 17.1 Å². The molecule has 0 aromatic carbocycles. The normalized spacial score (nSPS) is 27.0. The summed E-state index contributed by atoms with van der Waals surface area (Å²) in [5, 5.41) is 0. The monoisotopic (exact) mass is 198 g/mol. The van der Waals surface area contributed by atoms with E-state index in [0.717, 1.165) is 25.7 Å². The summed E-state index contributed by atoms with van der Waals surface area (Å²) in [6.45, 7) is 8.84. The fourth-order valence-corrected chi connectivity index (χ4v) is 2.50. The predicted molar refractivity (Wildman–Crippen MR) is 57.1 cm³/mol. The van der Waals surface area contributed by atoms with Gasteiger partial charge in [-0.25, -0.2) is 0 Å². The molecule has 0 amide bonds. The Balaban J connectivity index is 1.68. The van der Waals surface area contributed by atoms with E-state index in [-0.39, 0.29) is 0 Å². The second-order valence-corrected chi connectivity index (χ2v) is 4.98. The summed E-state index contributed by atoms with van der Waals surface area (Å²) in [6, 6.07) is 0. The molecule has 2 saturated heterocycles. The number of nitrogens with two attached hydrogens (primary N) is 1. The van der Waals surface area contributed by atoms with Crippen LogP contribution in [-0.4, -0.2) is 44.3 Å². The van der Waals surface area contributed by atoms with Gasteiger partial charge in [-0.15, -0.1) is 0 Å². The Kier molecular flexibility index (Phi) is 3.10. The minimum Gasteiger partial charge on any atom is -0.380 e. The molecule has 0 spiro atoms. The van der Waals surface area contributed by atoms with Gasteiger partial charge >= 0.3 is 0 Å². The lowest BCUT2D eigenvalue weighted by Crippen LogP contribution is -2.57. The van der Waals surface area contributed by atoms with Crippen molar-refractivity contribution < 1.29 is 4.74 Å². The fourth-order valence-electron chi connectivity index (χ4n) is 2.50. The van der Waals surface area contributed by atoms with E-state index in [9.17, 15) is 0 Å². The van der Waals surface area contributed by atoms with Crippen molar-refractivity contribution in [2.75, 3.05) is 39.4 Å². The zero-order valence-corrected chi connectivity index (χ0v) is 9.17. The molecule has 0 saturated carbocycles. The highest BCUT2D eigenvalue weighted by Gasteiger charge is 2.40. The lowest BCUT2D eigenvalue weighted by atomic mass is 9.81. The first-order valence-electron chi connectivity index (χ1n) is 5.78. The molecule has 2 fully saturated rings.